The third-order valence-corrected chi connectivity index (χ3v) is 12.3. The van der Waals surface area contributed by atoms with Crippen molar-refractivity contribution in [3.8, 4) is 0 Å². The fourth-order valence-corrected chi connectivity index (χ4v) is 10.5. The van der Waals surface area contributed by atoms with Gasteiger partial charge in [-0.3, -0.25) is 28.9 Å². The number of hydrogen-bond acceptors (Lipinski definition) is 9. The Morgan fingerprint density at radius 2 is 1.43 bits per heavy atom. The van der Waals surface area contributed by atoms with E-state index in [-0.39, 0.29) is 40.8 Å². The van der Waals surface area contributed by atoms with Gasteiger partial charge in [-0.1, -0.05) is 27.7 Å². The van der Waals surface area contributed by atoms with Crippen LogP contribution in [0.3, 0.4) is 0 Å². The van der Waals surface area contributed by atoms with E-state index in [4.69, 9.17) is 24.8 Å². The Morgan fingerprint density at radius 3 is 1.94 bits per heavy atom. The molecule has 4 saturated carbocycles. The van der Waals surface area contributed by atoms with Crippen molar-refractivity contribution in [2.75, 3.05) is 26.2 Å². The van der Waals surface area contributed by atoms with Crippen LogP contribution in [-0.2, 0) is 33.4 Å². The summed E-state index contributed by atoms with van der Waals surface area (Å²) < 4.78 is 12.6. The maximum Gasteiger partial charge on any atom is 0.320 e. The number of aliphatic carboxylic acids is 3. The second-order valence-corrected chi connectivity index (χ2v) is 15.6. The number of carbonyl (C=O) groups excluding carboxylic acids is 2. The average Bonchev–Trinajstić information content (AvgIpc) is 3.34. The van der Waals surface area contributed by atoms with Crippen molar-refractivity contribution in [3.05, 3.63) is 0 Å². The zero-order valence-corrected chi connectivity index (χ0v) is 30.4. The Balaban J connectivity index is 0.000000463. The van der Waals surface area contributed by atoms with E-state index < -0.39 is 42.8 Å². The molecule has 12 heteroatoms. The highest BCUT2D eigenvalue weighted by Gasteiger charge is 2.65. The second-order valence-electron chi connectivity index (χ2n) is 15.6. The summed E-state index contributed by atoms with van der Waals surface area (Å²) in [6.45, 7) is 15.5. The number of esters is 1. The summed E-state index contributed by atoms with van der Waals surface area (Å²) in [5.74, 6) is -3.54. The fourth-order valence-electron chi connectivity index (χ4n) is 10.5. The van der Waals surface area contributed by atoms with Gasteiger partial charge >= 0.3 is 23.9 Å². The number of fused-ring (bicyclic) bond motifs is 5. The molecule has 4 N–H and O–H groups in total. The summed E-state index contributed by atoms with van der Waals surface area (Å²) in [5.41, 5.74) is -0.156. The molecule has 0 aromatic heterocycles. The van der Waals surface area contributed by atoms with Gasteiger partial charge in [0.1, 0.15) is 11.9 Å². The molecule has 0 saturated heterocycles. The van der Waals surface area contributed by atoms with Gasteiger partial charge in [0, 0.05) is 18.4 Å². The number of aliphatic hydroxyl groups is 1. The van der Waals surface area contributed by atoms with Crippen molar-refractivity contribution in [2.24, 2.45) is 46.3 Å². The number of aliphatic hydroxyl groups excluding tert-OH is 1. The lowest BCUT2D eigenvalue weighted by atomic mass is 9.43. The first-order valence-corrected chi connectivity index (χ1v) is 18.4. The van der Waals surface area contributed by atoms with Gasteiger partial charge in [-0.15, -0.1) is 0 Å². The Kier molecular flexibility index (Phi) is 14.7. The molecule has 280 valence electrons. The van der Waals surface area contributed by atoms with Crippen LogP contribution in [0, 0.1) is 46.3 Å². The van der Waals surface area contributed by atoms with Gasteiger partial charge in [0.05, 0.1) is 37.5 Å². The van der Waals surface area contributed by atoms with E-state index >= 15 is 0 Å². The first-order chi connectivity index (χ1) is 23.0. The standard InChI is InChI=1S/C31H53NO5.C6H8O6/c1-7-14-32(15-8-2)19-28(35)37-27-18-31(6)23(20(4)33)12-13-24(31)22-11-10-21-16-25(34)26(36-9-3)17-30(21,5)29(22)27;7-4(8)1-3(6(11)12)2-5(9)10/h21-27,29,34H,7-19H2,1-6H3;3H,1-2H2,(H,7,8)(H,9,10)(H,11,12)/t21-,22-,23+,24-,25-,26-,27-,29+,30-,31+;/m0./s1. The molecule has 0 heterocycles. The topological polar surface area (TPSA) is 188 Å². The SMILES string of the molecule is CCCN(CCC)CC(=O)O[C@H]1C[C@]2(C)[C@@H](C(C)=O)CC[C@H]2[C@@H]2CC[C@H]3C[C@H](O)[C@@H](OCC)C[C@]3(C)[C@H]21.O=C(O)CC(CC(=O)O)C(=O)O. The molecule has 49 heavy (non-hydrogen) atoms. The van der Waals surface area contributed by atoms with Crippen LogP contribution >= 0.6 is 0 Å². The van der Waals surface area contributed by atoms with E-state index in [1.54, 1.807) is 6.92 Å². The molecular weight excluding hydrogens is 634 g/mol. The summed E-state index contributed by atoms with van der Waals surface area (Å²) >= 11 is 0. The first-order valence-electron chi connectivity index (χ1n) is 18.4. The van der Waals surface area contributed by atoms with Gasteiger partial charge in [-0.25, -0.2) is 0 Å². The minimum atomic E-state index is -1.40. The lowest BCUT2D eigenvalue weighted by Gasteiger charge is -2.63. The van der Waals surface area contributed by atoms with Gasteiger partial charge in [0.2, 0.25) is 0 Å². The number of nitrogens with zero attached hydrogens (tertiary/aromatic N) is 1. The van der Waals surface area contributed by atoms with Crippen LogP contribution < -0.4 is 0 Å². The molecule has 4 fully saturated rings. The van der Waals surface area contributed by atoms with Crippen LogP contribution in [0.4, 0.5) is 0 Å². The smallest absolute Gasteiger partial charge is 0.320 e. The normalized spacial score (nSPS) is 35.0. The molecular formula is C37H61NO11. The van der Waals surface area contributed by atoms with Crippen molar-refractivity contribution in [3.63, 3.8) is 0 Å². The first kappa shape index (κ1) is 40.9. The molecule has 0 radical (unpaired) electrons. The lowest BCUT2D eigenvalue weighted by Crippen LogP contribution is -2.62. The van der Waals surface area contributed by atoms with Crippen LogP contribution in [0.2, 0.25) is 0 Å². The fraction of sp³-hybridized carbons (Fsp3) is 0.865. The maximum atomic E-state index is 13.4. The largest absolute Gasteiger partial charge is 0.481 e. The molecule has 0 unspecified atom stereocenters. The number of ketones is 1. The number of carboxylic acid groups (broad SMARTS) is 3. The van der Waals surface area contributed by atoms with Crippen molar-refractivity contribution in [1.82, 2.24) is 4.90 Å². The zero-order valence-electron chi connectivity index (χ0n) is 30.4. The molecule has 0 aliphatic heterocycles. The van der Waals surface area contributed by atoms with Crippen LogP contribution in [0.1, 0.15) is 112 Å². The van der Waals surface area contributed by atoms with Crippen molar-refractivity contribution < 1.29 is 53.9 Å². The molecule has 0 amide bonds. The molecule has 4 rings (SSSR count). The van der Waals surface area contributed by atoms with E-state index in [0.717, 1.165) is 70.9 Å². The van der Waals surface area contributed by atoms with Crippen LogP contribution in [-0.4, -0.2) is 99.5 Å². The minimum absolute atomic E-state index is 0.0465. The van der Waals surface area contributed by atoms with Crippen LogP contribution in [0.15, 0.2) is 0 Å². The van der Waals surface area contributed by atoms with Gasteiger partial charge in [0.15, 0.2) is 0 Å². The quantitative estimate of drug-likeness (QED) is 0.170. The highest BCUT2D eigenvalue weighted by Crippen LogP contribution is 2.68. The van der Waals surface area contributed by atoms with Crippen LogP contribution in [0.25, 0.3) is 0 Å². The van der Waals surface area contributed by atoms with Gasteiger partial charge in [0.25, 0.3) is 0 Å². The van der Waals surface area contributed by atoms with Gasteiger partial charge in [-0.05, 0) is 113 Å². The lowest BCUT2D eigenvalue weighted by molar-refractivity contribution is -0.214. The summed E-state index contributed by atoms with van der Waals surface area (Å²) in [7, 11) is 0. The molecule has 0 spiro atoms. The van der Waals surface area contributed by atoms with Crippen molar-refractivity contribution in [1.29, 1.82) is 0 Å². The Hall–Kier alpha value is -2.57. The number of rotatable bonds is 15. The van der Waals surface area contributed by atoms with Crippen LogP contribution in [0.5, 0.6) is 0 Å². The molecule has 4 aliphatic carbocycles. The highest BCUT2D eigenvalue weighted by molar-refractivity contribution is 5.82. The predicted octanol–water partition coefficient (Wildman–Crippen LogP) is 4.89. The molecule has 0 aromatic rings. The number of ether oxygens (including phenoxy) is 2. The number of carbonyl (C=O) groups is 5. The summed E-state index contributed by atoms with van der Waals surface area (Å²) in [4.78, 5) is 58.8. The molecule has 4 aliphatic rings. The highest BCUT2D eigenvalue weighted by atomic mass is 16.5. The monoisotopic (exact) mass is 695 g/mol. The Bertz CT molecular complexity index is 1150. The van der Waals surface area contributed by atoms with E-state index in [1.807, 2.05) is 6.92 Å². The minimum Gasteiger partial charge on any atom is -0.481 e. The molecule has 0 aromatic carbocycles. The number of Topliss-reactive ketones (excluding diaryl/α,β-unsaturated/α-hetero) is 1. The zero-order chi connectivity index (χ0) is 36.7. The Morgan fingerprint density at radius 1 is 0.837 bits per heavy atom. The van der Waals surface area contributed by atoms with Crippen molar-refractivity contribution in [2.45, 2.75) is 130 Å². The molecule has 12 nitrogen and oxygen atoms in total. The summed E-state index contributed by atoms with van der Waals surface area (Å²) in [6, 6.07) is 0. The molecule has 10 atom stereocenters. The van der Waals surface area contributed by atoms with E-state index in [9.17, 15) is 29.1 Å². The third kappa shape index (κ3) is 9.61. The Labute approximate surface area is 291 Å². The third-order valence-electron chi connectivity index (χ3n) is 12.3. The van der Waals surface area contributed by atoms with Crippen molar-refractivity contribution >= 4 is 29.7 Å². The van der Waals surface area contributed by atoms with Gasteiger partial charge < -0.3 is 29.9 Å². The number of hydrogen-bond donors (Lipinski definition) is 4. The molecule has 0 bridgehead atoms. The van der Waals surface area contributed by atoms with E-state index in [2.05, 4.69) is 32.6 Å². The second kappa shape index (κ2) is 17.6. The maximum absolute atomic E-state index is 13.4. The number of carboxylic acids is 3. The average molecular weight is 696 g/mol. The summed E-state index contributed by atoms with van der Waals surface area (Å²) in [5, 5.41) is 35.6. The van der Waals surface area contributed by atoms with E-state index in [0.29, 0.717) is 36.7 Å². The predicted molar refractivity (Wildman–Crippen MR) is 181 cm³/mol. The van der Waals surface area contributed by atoms with E-state index in [1.165, 1.54) is 0 Å². The van der Waals surface area contributed by atoms with Gasteiger partial charge in [-0.2, -0.15) is 0 Å². The summed E-state index contributed by atoms with van der Waals surface area (Å²) in [6.07, 6.45) is 6.57.